The second-order valence-corrected chi connectivity index (χ2v) is 3.79. The highest BCUT2D eigenvalue weighted by molar-refractivity contribution is 5.94. The molecule has 0 aliphatic rings. The lowest BCUT2D eigenvalue weighted by Gasteiger charge is -2.09. The smallest absolute Gasteiger partial charge is 0.215 e. The normalized spacial score (nSPS) is 10.9. The van der Waals surface area contributed by atoms with Crippen LogP contribution in [0, 0.1) is 0 Å². The van der Waals surface area contributed by atoms with E-state index in [1.807, 2.05) is 54.6 Å². The zero-order valence-electron chi connectivity index (χ0n) is 10.6. The zero-order valence-corrected chi connectivity index (χ0v) is 10.6. The Morgan fingerprint density at radius 3 is 2.32 bits per heavy atom. The van der Waals surface area contributed by atoms with Crippen molar-refractivity contribution in [1.82, 2.24) is 5.43 Å². The molecule has 2 aromatic rings. The fraction of sp³-hybridized carbons (Fsp3) is 0.0714. The fourth-order valence-electron chi connectivity index (χ4n) is 1.54. The molecule has 0 amide bonds. The molecule has 0 atom stereocenters. The molecule has 0 unspecified atom stereocenters. The molecule has 19 heavy (non-hydrogen) atoms. The summed E-state index contributed by atoms with van der Waals surface area (Å²) in [7, 11) is 1.63. The van der Waals surface area contributed by atoms with Crippen molar-refractivity contribution in [3.05, 3.63) is 54.6 Å². The minimum Gasteiger partial charge on any atom is -0.497 e. The first kappa shape index (κ1) is 12.9. The van der Waals surface area contributed by atoms with Gasteiger partial charge < -0.3 is 10.1 Å². The third-order valence-corrected chi connectivity index (χ3v) is 2.49. The van der Waals surface area contributed by atoms with Crippen molar-refractivity contribution in [2.24, 2.45) is 10.8 Å². The number of hydrogen-bond acceptors (Lipinski definition) is 3. The van der Waals surface area contributed by atoms with Crippen molar-refractivity contribution in [3.8, 4) is 5.75 Å². The summed E-state index contributed by atoms with van der Waals surface area (Å²) in [5.41, 5.74) is 4.22. The first-order chi connectivity index (χ1) is 9.31. The van der Waals surface area contributed by atoms with Crippen LogP contribution in [0.15, 0.2) is 59.6 Å². The Bertz CT molecular complexity index is 537. The van der Waals surface area contributed by atoms with E-state index >= 15 is 0 Å². The van der Waals surface area contributed by atoms with E-state index in [1.54, 1.807) is 7.11 Å². The number of guanidine groups is 1. The number of anilines is 1. The summed E-state index contributed by atoms with van der Waals surface area (Å²) in [5, 5.41) is 3.09. The molecule has 5 heteroatoms. The summed E-state index contributed by atoms with van der Waals surface area (Å²) in [6, 6.07) is 17.1. The molecular formula is C14H16N4O. The van der Waals surface area contributed by atoms with Crippen LogP contribution in [0.1, 0.15) is 0 Å². The lowest BCUT2D eigenvalue weighted by Crippen LogP contribution is -2.35. The topological polar surface area (TPSA) is 71.7 Å². The van der Waals surface area contributed by atoms with Gasteiger partial charge in [-0.1, -0.05) is 18.2 Å². The molecule has 0 saturated heterocycles. The van der Waals surface area contributed by atoms with Gasteiger partial charge in [-0.15, -0.1) is 0 Å². The van der Waals surface area contributed by atoms with Crippen molar-refractivity contribution in [1.29, 1.82) is 0 Å². The van der Waals surface area contributed by atoms with Gasteiger partial charge in [0.15, 0.2) is 0 Å². The van der Waals surface area contributed by atoms with E-state index in [2.05, 4.69) is 15.7 Å². The average molecular weight is 256 g/mol. The molecule has 0 aliphatic heterocycles. The minimum atomic E-state index is 0.469. The second kappa shape index (κ2) is 6.42. The maximum Gasteiger partial charge on any atom is 0.215 e. The van der Waals surface area contributed by atoms with Crippen molar-refractivity contribution in [2.45, 2.75) is 0 Å². The van der Waals surface area contributed by atoms with E-state index < -0.39 is 0 Å². The SMILES string of the molecule is COc1ccc(N=C(NN)Nc2ccccc2)cc1. The highest BCUT2D eigenvalue weighted by atomic mass is 16.5. The maximum absolute atomic E-state index is 5.46. The molecule has 0 spiro atoms. The van der Waals surface area contributed by atoms with Gasteiger partial charge in [-0.3, -0.25) is 5.43 Å². The minimum absolute atomic E-state index is 0.469. The molecule has 0 saturated carbocycles. The molecule has 0 aliphatic carbocycles. The lowest BCUT2D eigenvalue weighted by molar-refractivity contribution is 0.415. The number of aliphatic imine (C=N–C) groups is 1. The number of rotatable bonds is 3. The van der Waals surface area contributed by atoms with Gasteiger partial charge in [-0.25, -0.2) is 10.8 Å². The van der Waals surface area contributed by atoms with Crippen LogP contribution < -0.4 is 21.3 Å². The zero-order chi connectivity index (χ0) is 13.5. The third-order valence-electron chi connectivity index (χ3n) is 2.49. The summed E-state index contributed by atoms with van der Waals surface area (Å²) in [4.78, 5) is 4.36. The maximum atomic E-state index is 5.46. The van der Waals surface area contributed by atoms with Gasteiger partial charge in [0.1, 0.15) is 5.75 Å². The van der Waals surface area contributed by atoms with E-state index in [-0.39, 0.29) is 0 Å². The summed E-state index contributed by atoms with van der Waals surface area (Å²) in [5.74, 6) is 6.71. The molecule has 2 aromatic carbocycles. The summed E-state index contributed by atoms with van der Waals surface area (Å²) >= 11 is 0. The number of ether oxygens (including phenoxy) is 1. The number of methoxy groups -OCH3 is 1. The van der Waals surface area contributed by atoms with Gasteiger partial charge in [0, 0.05) is 5.69 Å². The van der Waals surface area contributed by atoms with Crippen LogP contribution in [0.3, 0.4) is 0 Å². The van der Waals surface area contributed by atoms with Crippen molar-refractivity contribution in [3.63, 3.8) is 0 Å². The van der Waals surface area contributed by atoms with E-state index in [4.69, 9.17) is 10.6 Å². The highest BCUT2D eigenvalue weighted by Crippen LogP contribution is 2.17. The van der Waals surface area contributed by atoms with E-state index in [0.717, 1.165) is 17.1 Å². The Labute approximate surface area is 112 Å². The Balaban J connectivity index is 2.13. The molecular weight excluding hydrogens is 240 g/mol. The Morgan fingerprint density at radius 1 is 1.05 bits per heavy atom. The van der Waals surface area contributed by atoms with Gasteiger partial charge in [-0.2, -0.15) is 0 Å². The second-order valence-electron chi connectivity index (χ2n) is 3.79. The molecule has 0 heterocycles. The number of nitrogens with one attached hydrogen (secondary N) is 2. The Kier molecular flexibility index (Phi) is 4.36. The monoisotopic (exact) mass is 256 g/mol. The molecule has 98 valence electrons. The predicted octanol–water partition coefficient (Wildman–Crippen LogP) is 2.26. The van der Waals surface area contributed by atoms with Gasteiger partial charge >= 0.3 is 0 Å². The summed E-state index contributed by atoms with van der Waals surface area (Å²) < 4.78 is 5.09. The highest BCUT2D eigenvalue weighted by Gasteiger charge is 1.98. The number of benzene rings is 2. The molecule has 0 fully saturated rings. The molecule has 0 bridgehead atoms. The van der Waals surface area contributed by atoms with Gasteiger partial charge in [0.25, 0.3) is 0 Å². The Morgan fingerprint density at radius 2 is 1.74 bits per heavy atom. The van der Waals surface area contributed by atoms with Gasteiger partial charge in [0.2, 0.25) is 5.96 Å². The van der Waals surface area contributed by atoms with Crippen LogP contribution in [-0.4, -0.2) is 13.1 Å². The van der Waals surface area contributed by atoms with Crippen LogP contribution in [0.25, 0.3) is 0 Å². The molecule has 0 radical (unpaired) electrons. The van der Waals surface area contributed by atoms with Gasteiger partial charge in [0.05, 0.1) is 12.8 Å². The van der Waals surface area contributed by atoms with Crippen LogP contribution in [0.4, 0.5) is 11.4 Å². The molecule has 5 nitrogen and oxygen atoms in total. The standard InChI is InChI=1S/C14H16N4O/c1-19-13-9-7-12(8-10-13)17-14(18-15)16-11-5-3-2-4-6-11/h2-10H,15H2,1H3,(H2,16,17,18). The summed E-state index contributed by atoms with van der Waals surface area (Å²) in [6.45, 7) is 0. The average Bonchev–Trinajstić information content (AvgIpc) is 2.48. The lowest BCUT2D eigenvalue weighted by atomic mass is 10.3. The van der Waals surface area contributed by atoms with Crippen LogP contribution in [0.5, 0.6) is 5.75 Å². The summed E-state index contributed by atoms with van der Waals surface area (Å²) in [6.07, 6.45) is 0. The Hall–Kier alpha value is -2.53. The van der Waals surface area contributed by atoms with Gasteiger partial charge in [-0.05, 0) is 36.4 Å². The van der Waals surface area contributed by atoms with Crippen LogP contribution in [0.2, 0.25) is 0 Å². The first-order valence-electron chi connectivity index (χ1n) is 5.83. The number of nitrogens with zero attached hydrogens (tertiary/aromatic N) is 1. The van der Waals surface area contributed by atoms with Crippen molar-refractivity contribution >= 4 is 17.3 Å². The van der Waals surface area contributed by atoms with E-state index in [9.17, 15) is 0 Å². The first-order valence-corrected chi connectivity index (χ1v) is 5.83. The molecule has 4 N–H and O–H groups in total. The predicted molar refractivity (Wildman–Crippen MR) is 77.5 cm³/mol. The van der Waals surface area contributed by atoms with E-state index in [0.29, 0.717) is 5.96 Å². The number of hydrogen-bond donors (Lipinski definition) is 3. The molecule has 0 aromatic heterocycles. The third kappa shape index (κ3) is 3.72. The number of hydrazine groups is 1. The number of para-hydroxylation sites is 1. The van der Waals surface area contributed by atoms with Crippen molar-refractivity contribution < 1.29 is 4.74 Å². The van der Waals surface area contributed by atoms with Crippen LogP contribution >= 0.6 is 0 Å². The quantitative estimate of drug-likeness (QED) is 0.341. The van der Waals surface area contributed by atoms with Crippen molar-refractivity contribution in [2.75, 3.05) is 12.4 Å². The molecule has 2 rings (SSSR count). The largest absolute Gasteiger partial charge is 0.497 e. The number of nitrogens with two attached hydrogens (primary N) is 1. The van der Waals surface area contributed by atoms with Crippen LogP contribution in [-0.2, 0) is 0 Å². The fourth-order valence-corrected chi connectivity index (χ4v) is 1.54. The van der Waals surface area contributed by atoms with E-state index in [1.165, 1.54) is 0 Å².